The third kappa shape index (κ3) is 5.50. The topological polar surface area (TPSA) is 52.0 Å². The van der Waals surface area contributed by atoms with E-state index in [-0.39, 0.29) is 5.41 Å². The third-order valence-corrected chi connectivity index (χ3v) is 9.08. The summed E-state index contributed by atoms with van der Waals surface area (Å²) in [5.41, 5.74) is 24.7. The molecule has 0 unspecified atom stereocenters. The van der Waals surface area contributed by atoms with Gasteiger partial charge in [-0.3, -0.25) is 0 Å². The molecule has 0 aliphatic heterocycles. The minimum absolute atomic E-state index is 0.0840. The Hall–Kier alpha value is -3.52. The van der Waals surface area contributed by atoms with E-state index in [1.54, 1.807) is 0 Å². The molecule has 2 heteroatoms. The van der Waals surface area contributed by atoms with Crippen LogP contribution in [0.5, 0.6) is 0 Å². The maximum Gasteiger partial charge on any atom is 0.0314 e. The van der Waals surface area contributed by atoms with Gasteiger partial charge in [-0.1, -0.05) is 74.0 Å². The molecule has 0 spiro atoms. The van der Waals surface area contributed by atoms with Crippen molar-refractivity contribution in [2.45, 2.75) is 71.1 Å². The van der Waals surface area contributed by atoms with Crippen LogP contribution < -0.4 is 11.5 Å². The van der Waals surface area contributed by atoms with E-state index in [0.717, 1.165) is 30.1 Å². The molecule has 0 heterocycles. The molecule has 196 valence electrons. The van der Waals surface area contributed by atoms with Crippen LogP contribution in [0.4, 0.5) is 11.4 Å². The van der Waals surface area contributed by atoms with Crippen molar-refractivity contribution in [2.75, 3.05) is 11.5 Å². The number of nitrogens with two attached hydrogens (primary N) is 2. The summed E-state index contributed by atoms with van der Waals surface area (Å²) in [6, 6.07) is 31.1. The van der Waals surface area contributed by atoms with E-state index in [9.17, 15) is 0 Å². The van der Waals surface area contributed by atoms with Gasteiger partial charge in [0.1, 0.15) is 0 Å². The van der Waals surface area contributed by atoms with Crippen LogP contribution in [0.15, 0.2) is 84.9 Å². The van der Waals surface area contributed by atoms with Crippen molar-refractivity contribution in [3.63, 3.8) is 0 Å². The third-order valence-electron chi connectivity index (χ3n) is 9.08. The first-order chi connectivity index (χ1) is 18.4. The summed E-state index contributed by atoms with van der Waals surface area (Å²) >= 11 is 0. The lowest BCUT2D eigenvalue weighted by Crippen LogP contribution is -2.33. The summed E-state index contributed by atoms with van der Waals surface area (Å²) in [4.78, 5) is 0. The fourth-order valence-electron chi connectivity index (χ4n) is 6.42. The molecular weight excluding hydrogens is 460 g/mol. The van der Waals surface area contributed by atoms with Gasteiger partial charge in [0.25, 0.3) is 0 Å². The van der Waals surface area contributed by atoms with E-state index in [1.165, 1.54) is 76.6 Å². The first kappa shape index (κ1) is 26.1. The van der Waals surface area contributed by atoms with Gasteiger partial charge in [-0.25, -0.2) is 0 Å². The molecule has 0 amide bonds. The molecule has 5 rings (SSSR count). The molecule has 1 saturated carbocycles. The minimum atomic E-state index is 0.0840. The summed E-state index contributed by atoms with van der Waals surface area (Å²) in [5.74, 6) is 0.847. The van der Waals surface area contributed by atoms with Gasteiger partial charge in [0.05, 0.1) is 0 Å². The Morgan fingerprint density at radius 1 is 0.632 bits per heavy atom. The fourth-order valence-corrected chi connectivity index (χ4v) is 6.42. The van der Waals surface area contributed by atoms with Gasteiger partial charge in [-0.2, -0.15) is 0 Å². The molecule has 1 aliphatic rings. The second-order valence-electron chi connectivity index (χ2n) is 11.6. The Kier molecular flexibility index (Phi) is 7.61. The molecule has 0 saturated heterocycles. The molecule has 0 atom stereocenters. The number of anilines is 2. The van der Waals surface area contributed by atoms with Gasteiger partial charge in [0.15, 0.2) is 0 Å². The van der Waals surface area contributed by atoms with Crippen molar-refractivity contribution in [1.82, 2.24) is 0 Å². The van der Waals surface area contributed by atoms with Gasteiger partial charge in [0.2, 0.25) is 0 Å². The Balaban J connectivity index is 1.47. The van der Waals surface area contributed by atoms with Crippen LogP contribution in [0.25, 0.3) is 0 Å². The number of aryl methyl sites for hydroxylation is 2. The van der Waals surface area contributed by atoms with Gasteiger partial charge in [0, 0.05) is 16.8 Å². The summed E-state index contributed by atoms with van der Waals surface area (Å²) < 4.78 is 0. The molecule has 2 nitrogen and oxygen atoms in total. The van der Waals surface area contributed by atoms with E-state index < -0.39 is 0 Å². The van der Waals surface area contributed by atoms with Crippen LogP contribution in [0, 0.1) is 19.8 Å². The molecule has 0 radical (unpaired) electrons. The first-order valence-corrected chi connectivity index (χ1v) is 14.2. The lowest BCUT2D eigenvalue weighted by Gasteiger charge is -2.42. The molecule has 1 fully saturated rings. The second-order valence-corrected chi connectivity index (χ2v) is 11.6. The largest absolute Gasteiger partial charge is 0.399 e. The molecule has 0 aromatic heterocycles. The average molecular weight is 503 g/mol. The Morgan fingerprint density at radius 3 is 1.42 bits per heavy atom. The molecule has 38 heavy (non-hydrogen) atoms. The van der Waals surface area contributed by atoms with Crippen molar-refractivity contribution in [1.29, 1.82) is 0 Å². The number of hydrogen-bond acceptors (Lipinski definition) is 2. The quantitative estimate of drug-likeness (QED) is 0.249. The predicted octanol–water partition coefficient (Wildman–Crippen LogP) is 8.54. The standard InChI is InChI=1S/C36H42N2/c1-4-27-17-19-36(20-18-27,32-11-9-30(25(2)21-32)23-28-5-13-34(37)14-6-28)33-12-10-31(26(3)22-33)24-29-7-15-35(38)16-8-29/h5-16,21-22,27H,4,17-20,23-24,37-38H2,1-3H3. The number of rotatable bonds is 7. The zero-order valence-electron chi connectivity index (χ0n) is 23.3. The SMILES string of the molecule is CCC1CCC(c2ccc(Cc3ccc(N)cc3)c(C)c2)(c2ccc(Cc3ccc(N)cc3)c(C)c2)CC1. The minimum Gasteiger partial charge on any atom is -0.399 e. The van der Waals surface area contributed by atoms with Crippen molar-refractivity contribution >= 4 is 11.4 Å². The highest BCUT2D eigenvalue weighted by molar-refractivity contribution is 5.48. The van der Waals surface area contributed by atoms with E-state index in [2.05, 4.69) is 81.4 Å². The zero-order valence-corrected chi connectivity index (χ0v) is 23.3. The average Bonchev–Trinajstić information content (AvgIpc) is 2.93. The Bertz CT molecular complexity index is 1280. The van der Waals surface area contributed by atoms with Gasteiger partial charge >= 0.3 is 0 Å². The highest BCUT2D eigenvalue weighted by atomic mass is 14.5. The first-order valence-electron chi connectivity index (χ1n) is 14.2. The Labute approximate surface area is 229 Å². The molecular formula is C36H42N2. The summed E-state index contributed by atoms with van der Waals surface area (Å²) in [7, 11) is 0. The summed E-state index contributed by atoms with van der Waals surface area (Å²) in [5, 5.41) is 0. The smallest absolute Gasteiger partial charge is 0.0314 e. The summed E-state index contributed by atoms with van der Waals surface area (Å²) in [6.07, 6.45) is 8.21. The second kappa shape index (κ2) is 11.1. The van der Waals surface area contributed by atoms with E-state index in [4.69, 9.17) is 11.5 Å². The monoisotopic (exact) mass is 502 g/mol. The number of nitrogen functional groups attached to an aromatic ring is 2. The van der Waals surface area contributed by atoms with Crippen molar-refractivity contribution in [3.05, 3.63) is 129 Å². The van der Waals surface area contributed by atoms with E-state index >= 15 is 0 Å². The molecule has 4 N–H and O–H groups in total. The van der Waals surface area contributed by atoms with Gasteiger partial charge < -0.3 is 11.5 Å². The normalized spacial score (nSPS) is 15.4. The maximum absolute atomic E-state index is 5.90. The summed E-state index contributed by atoms with van der Waals surface area (Å²) in [6.45, 7) is 6.91. The van der Waals surface area contributed by atoms with Gasteiger partial charge in [-0.05, 0) is 127 Å². The fraction of sp³-hybridized carbons (Fsp3) is 0.333. The van der Waals surface area contributed by atoms with Gasteiger partial charge in [-0.15, -0.1) is 0 Å². The predicted molar refractivity (Wildman–Crippen MR) is 163 cm³/mol. The lowest BCUT2D eigenvalue weighted by molar-refractivity contribution is 0.260. The van der Waals surface area contributed by atoms with Crippen molar-refractivity contribution in [2.24, 2.45) is 5.92 Å². The van der Waals surface area contributed by atoms with Crippen LogP contribution in [0.1, 0.15) is 83.5 Å². The van der Waals surface area contributed by atoms with Crippen molar-refractivity contribution in [3.8, 4) is 0 Å². The van der Waals surface area contributed by atoms with Crippen LogP contribution in [0.3, 0.4) is 0 Å². The highest BCUT2D eigenvalue weighted by Gasteiger charge is 2.38. The van der Waals surface area contributed by atoms with Crippen LogP contribution in [-0.4, -0.2) is 0 Å². The van der Waals surface area contributed by atoms with Crippen LogP contribution >= 0.6 is 0 Å². The highest BCUT2D eigenvalue weighted by Crippen LogP contribution is 2.48. The molecule has 0 bridgehead atoms. The van der Waals surface area contributed by atoms with E-state index in [1.807, 2.05) is 24.3 Å². The van der Waals surface area contributed by atoms with Crippen molar-refractivity contribution < 1.29 is 0 Å². The van der Waals surface area contributed by atoms with E-state index in [0.29, 0.717) is 0 Å². The zero-order chi connectivity index (χ0) is 26.7. The van der Waals surface area contributed by atoms with Crippen LogP contribution in [0.2, 0.25) is 0 Å². The molecule has 4 aromatic carbocycles. The molecule has 1 aliphatic carbocycles. The number of hydrogen-bond donors (Lipinski definition) is 2. The maximum atomic E-state index is 5.90. The Morgan fingerprint density at radius 2 is 1.05 bits per heavy atom. The number of benzene rings is 4. The lowest BCUT2D eigenvalue weighted by atomic mass is 9.62. The van der Waals surface area contributed by atoms with Crippen LogP contribution in [-0.2, 0) is 18.3 Å². The molecule has 4 aromatic rings.